The zero-order valence-electron chi connectivity index (χ0n) is 18.6. The fourth-order valence-corrected chi connectivity index (χ4v) is 7.86. The highest BCUT2D eigenvalue weighted by Crippen LogP contribution is 2.66. The summed E-state index contributed by atoms with van der Waals surface area (Å²) < 4.78 is -0.546. The fourth-order valence-electron chi connectivity index (χ4n) is 5.64. The highest BCUT2D eigenvalue weighted by atomic mass is 32.2. The first-order valence-corrected chi connectivity index (χ1v) is 12.6. The molecule has 2 unspecified atom stereocenters. The lowest BCUT2D eigenvalue weighted by molar-refractivity contribution is -0.140. The van der Waals surface area contributed by atoms with Crippen LogP contribution in [-0.4, -0.2) is 63.5 Å². The summed E-state index contributed by atoms with van der Waals surface area (Å²) in [5, 5.41) is 15.3. The molecule has 0 aromatic heterocycles. The number of hydrogen-bond donors (Lipinski definition) is 3. The quantitative estimate of drug-likeness (QED) is 0.463. The Bertz CT molecular complexity index is 851. The van der Waals surface area contributed by atoms with E-state index in [-0.39, 0.29) is 35.5 Å². The molecule has 5 atom stereocenters. The lowest BCUT2D eigenvalue weighted by Gasteiger charge is -2.34. The highest BCUT2D eigenvalue weighted by molar-refractivity contribution is 8.02. The minimum absolute atomic E-state index is 0.0510. The van der Waals surface area contributed by atoms with Crippen molar-refractivity contribution in [3.63, 3.8) is 0 Å². The molecule has 3 aliphatic rings. The molecule has 4 rings (SSSR count). The van der Waals surface area contributed by atoms with Crippen molar-refractivity contribution in [2.24, 2.45) is 11.8 Å². The monoisotopic (exact) mass is 459 g/mol. The van der Waals surface area contributed by atoms with Gasteiger partial charge in [-0.25, -0.2) is 0 Å². The lowest BCUT2D eigenvalue weighted by Crippen LogP contribution is -2.53. The molecule has 0 aliphatic carbocycles. The maximum Gasteiger partial charge on any atom is 0.244 e. The maximum atomic E-state index is 13.6. The third-order valence-corrected chi connectivity index (χ3v) is 8.97. The van der Waals surface area contributed by atoms with Gasteiger partial charge in [-0.15, -0.1) is 11.8 Å². The summed E-state index contributed by atoms with van der Waals surface area (Å²) in [7, 11) is 0. The Labute approximate surface area is 193 Å². The Kier molecular flexibility index (Phi) is 7.10. The number of aliphatic hydroxyl groups is 1. The van der Waals surface area contributed by atoms with E-state index in [9.17, 15) is 19.5 Å². The first-order chi connectivity index (χ1) is 15.5. The molecule has 8 heteroatoms. The van der Waals surface area contributed by atoms with E-state index in [0.29, 0.717) is 32.5 Å². The van der Waals surface area contributed by atoms with Gasteiger partial charge < -0.3 is 20.6 Å². The van der Waals surface area contributed by atoms with Crippen molar-refractivity contribution in [1.82, 2.24) is 15.5 Å². The van der Waals surface area contributed by atoms with E-state index < -0.39 is 16.7 Å². The SMILES string of the molecule is CCCNC(=O)[C@@H]1[C@@H]2CCC3(S2)C(C(=O)NCc2ccccc2)N(CCCCO)C(=O)[C@H]13. The molecule has 174 valence electrons. The average Bonchev–Trinajstić information content (AvgIpc) is 3.44. The normalized spacial score (nSPS) is 30.4. The van der Waals surface area contributed by atoms with Crippen LogP contribution in [0.1, 0.15) is 44.6 Å². The Morgan fingerprint density at radius 2 is 1.97 bits per heavy atom. The Hall–Kier alpha value is -2.06. The van der Waals surface area contributed by atoms with Crippen molar-refractivity contribution in [3.05, 3.63) is 35.9 Å². The topological polar surface area (TPSA) is 98.7 Å². The van der Waals surface area contributed by atoms with Crippen molar-refractivity contribution in [2.75, 3.05) is 19.7 Å². The van der Waals surface area contributed by atoms with Gasteiger partial charge in [-0.2, -0.15) is 0 Å². The van der Waals surface area contributed by atoms with Crippen LogP contribution in [0, 0.1) is 11.8 Å². The van der Waals surface area contributed by atoms with Crippen LogP contribution in [0.5, 0.6) is 0 Å². The number of carbonyl (C=O) groups excluding carboxylic acids is 3. The first kappa shape index (κ1) is 23.1. The number of aliphatic hydroxyl groups excluding tert-OH is 1. The van der Waals surface area contributed by atoms with Gasteiger partial charge in [-0.3, -0.25) is 14.4 Å². The number of fused-ring (bicyclic) bond motifs is 1. The summed E-state index contributed by atoms with van der Waals surface area (Å²) in [6, 6.07) is 9.15. The number of thioether (sulfide) groups is 1. The first-order valence-electron chi connectivity index (χ1n) is 11.7. The molecule has 3 heterocycles. The van der Waals surface area contributed by atoms with Crippen LogP contribution >= 0.6 is 11.8 Å². The van der Waals surface area contributed by atoms with Gasteiger partial charge in [0.1, 0.15) is 6.04 Å². The van der Waals surface area contributed by atoms with Crippen LogP contribution in [0.3, 0.4) is 0 Å². The van der Waals surface area contributed by atoms with Crippen LogP contribution in [0.15, 0.2) is 30.3 Å². The predicted octanol–water partition coefficient (Wildman–Crippen LogP) is 1.69. The molecule has 3 amide bonds. The Morgan fingerprint density at radius 1 is 1.19 bits per heavy atom. The number of rotatable bonds is 10. The predicted molar refractivity (Wildman–Crippen MR) is 124 cm³/mol. The molecule has 7 nitrogen and oxygen atoms in total. The van der Waals surface area contributed by atoms with E-state index in [4.69, 9.17) is 0 Å². The van der Waals surface area contributed by atoms with Crippen molar-refractivity contribution in [3.8, 4) is 0 Å². The lowest BCUT2D eigenvalue weighted by atomic mass is 9.70. The van der Waals surface area contributed by atoms with Crippen molar-refractivity contribution >= 4 is 29.5 Å². The number of nitrogens with zero attached hydrogens (tertiary/aromatic N) is 1. The molecule has 1 aromatic carbocycles. The van der Waals surface area contributed by atoms with Crippen molar-refractivity contribution in [2.45, 2.75) is 61.6 Å². The molecule has 1 aromatic rings. The minimum atomic E-state index is -0.582. The molecule has 32 heavy (non-hydrogen) atoms. The smallest absolute Gasteiger partial charge is 0.244 e. The minimum Gasteiger partial charge on any atom is -0.396 e. The summed E-state index contributed by atoms with van der Waals surface area (Å²) in [5.74, 6) is -1.10. The van der Waals surface area contributed by atoms with E-state index in [2.05, 4.69) is 10.6 Å². The van der Waals surface area contributed by atoms with Gasteiger partial charge in [-0.1, -0.05) is 37.3 Å². The van der Waals surface area contributed by atoms with Crippen LogP contribution < -0.4 is 10.6 Å². The molecule has 3 fully saturated rings. The zero-order chi connectivity index (χ0) is 22.7. The van der Waals surface area contributed by atoms with Gasteiger partial charge in [0.25, 0.3) is 0 Å². The highest BCUT2D eigenvalue weighted by Gasteiger charge is 2.73. The van der Waals surface area contributed by atoms with Crippen LogP contribution in [-0.2, 0) is 20.9 Å². The van der Waals surface area contributed by atoms with Crippen LogP contribution in [0.25, 0.3) is 0 Å². The van der Waals surface area contributed by atoms with Gasteiger partial charge >= 0.3 is 0 Å². The number of likely N-dealkylation sites (tertiary alicyclic amines) is 1. The van der Waals surface area contributed by atoms with Gasteiger partial charge in [0.15, 0.2) is 0 Å². The second kappa shape index (κ2) is 9.83. The number of benzene rings is 1. The average molecular weight is 460 g/mol. The third kappa shape index (κ3) is 4.03. The summed E-state index contributed by atoms with van der Waals surface area (Å²) in [4.78, 5) is 41.9. The summed E-state index contributed by atoms with van der Waals surface area (Å²) in [6.45, 7) is 3.50. The number of hydrogen-bond acceptors (Lipinski definition) is 5. The van der Waals surface area contributed by atoms with Crippen LogP contribution in [0.2, 0.25) is 0 Å². The number of carbonyl (C=O) groups is 3. The van der Waals surface area contributed by atoms with Gasteiger partial charge in [0.05, 0.1) is 16.6 Å². The second-order valence-electron chi connectivity index (χ2n) is 9.01. The van der Waals surface area contributed by atoms with E-state index in [0.717, 1.165) is 24.8 Å². The van der Waals surface area contributed by atoms with Gasteiger partial charge in [-0.05, 0) is 37.7 Å². The fraction of sp³-hybridized carbons (Fsp3) is 0.625. The molecule has 3 N–H and O–H groups in total. The summed E-state index contributed by atoms with van der Waals surface area (Å²) in [6.07, 6.45) is 3.68. The zero-order valence-corrected chi connectivity index (χ0v) is 19.4. The number of nitrogens with one attached hydrogen (secondary N) is 2. The Balaban J connectivity index is 1.58. The molecular formula is C24H33N3O4S. The molecule has 3 saturated heterocycles. The Morgan fingerprint density at radius 3 is 2.69 bits per heavy atom. The summed E-state index contributed by atoms with van der Waals surface area (Å²) in [5.41, 5.74) is 1.01. The molecule has 3 aliphatic heterocycles. The molecular weight excluding hydrogens is 426 g/mol. The molecule has 0 radical (unpaired) electrons. The maximum absolute atomic E-state index is 13.6. The van der Waals surface area contributed by atoms with E-state index in [1.807, 2.05) is 37.3 Å². The molecule has 1 spiro atoms. The second-order valence-corrected chi connectivity index (χ2v) is 10.6. The van der Waals surface area contributed by atoms with Crippen molar-refractivity contribution < 1.29 is 19.5 Å². The largest absolute Gasteiger partial charge is 0.396 e. The van der Waals surface area contributed by atoms with Crippen LogP contribution in [0.4, 0.5) is 0 Å². The standard InChI is InChI=1S/C24H33N3O4S/c1-2-12-25-21(29)18-17-10-11-24(32-17)19(18)23(31)27(13-6-7-14-28)20(24)22(30)26-15-16-8-4-3-5-9-16/h3-5,8-9,17-20,28H,2,6-7,10-15H2,1H3,(H,25,29)(H,26,30)/t17-,18+,19-,20?,24?/m0/s1. The van der Waals surface area contributed by atoms with Gasteiger partial charge in [0, 0.05) is 31.5 Å². The van der Waals surface area contributed by atoms with Gasteiger partial charge in [0.2, 0.25) is 17.7 Å². The molecule has 0 saturated carbocycles. The van der Waals surface area contributed by atoms with E-state index >= 15 is 0 Å². The van der Waals surface area contributed by atoms with E-state index in [1.54, 1.807) is 16.7 Å². The third-order valence-electron chi connectivity index (χ3n) is 7.02. The summed E-state index contributed by atoms with van der Waals surface area (Å²) >= 11 is 1.69. The molecule has 2 bridgehead atoms. The van der Waals surface area contributed by atoms with E-state index in [1.165, 1.54) is 0 Å². The van der Waals surface area contributed by atoms with Crippen molar-refractivity contribution in [1.29, 1.82) is 0 Å². The number of unbranched alkanes of at least 4 members (excludes halogenated alkanes) is 1. The number of amides is 3.